The predicted octanol–water partition coefficient (Wildman–Crippen LogP) is 3.29. The number of piperidine rings is 2. The van der Waals surface area contributed by atoms with Gasteiger partial charge in [-0.2, -0.15) is 0 Å². The van der Waals surface area contributed by atoms with E-state index in [9.17, 15) is 0 Å². The first-order valence-corrected chi connectivity index (χ1v) is 14.4. The van der Waals surface area contributed by atoms with Crippen LogP contribution >= 0.6 is 0 Å². The fraction of sp³-hybridized carbons (Fsp3) is 0.517. The van der Waals surface area contributed by atoms with Crippen LogP contribution in [0.4, 0.5) is 17.6 Å². The molecule has 11 heteroatoms. The quantitative estimate of drug-likeness (QED) is 0.272. The number of nitrogens with two attached hydrogens (primary N) is 1. The van der Waals surface area contributed by atoms with Crippen molar-refractivity contribution < 1.29 is 9.47 Å². The zero-order chi connectivity index (χ0) is 27.7. The third-order valence-corrected chi connectivity index (χ3v) is 7.47. The molecule has 0 amide bonds. The molecule has 40 heavy (non-hydrogen) atoms. The van der Waals surface area contributed by atoms with Crippen LogP contribution in [0.25, 0.3) is 0 Å². The molecule has 2 aliphatic heterocycles. The van der Waals surface area contributed by atoms with Crippen molar-refractivity contribution in [3.05, 3.63) is 54.6 Å². The van der Waals surface area contributed by atoms with Crippen molar-refractivity contribution in [2.45, 2.75) is 58.2 Å². The molecule has 2 aliphatic rings. The second kappa shape index (κ2) is 13.6. The highest BCUT2D eigenvalue weighted by Crippen LogP contribution is 2.35. The summed E-state index contributed by atoms with van der Waals surface area (Å²) in [4.78, 5) is 21.2. The Morgan fingerprint density at radius 2 is 1.27 bits per heavy atom. The molecule has 2 aromatic heterocycles. The second-order valence-corrected chi connectivity index (χ2v) is 10.1. The Kier molecular flexibility index (Phi) is 9.46. The van der Waals surface area contributed by atoms with E-state index in [4.69, 9.17) is 25.2 Å². The molecule has 0 bridgehead atoms. The number of hydrogen-bond acceptors (Lipinski definition) is 11. The van der Waals surface area contributed by atoms with E-state index in [-0.39, 0.29) is 12.1 Å². The standard InChI is InChI=1S/C29H41N9O2/c1-3-39-25-19-22(20-26(27(25)30)40-4-2)21-36-17-9-24(10-18-36)38(29-34-13-6-14-35-29)37(23-7-15-31-16-8-23)28-32-11-5-12-33-28/h5-6,11-14,19-20,23-24,31H,3-4,7-10,15-18,21,30H2,1-2H3. The molecule has 2 saturated heterocycles. The first-order chi connectivity index (χ1) is 19.7. The zero-order valence-electron chi connectivity index (χ0n) is 23.6. The van der Waals surface area contributed by atoms with Gasteiger partial charge in [0.1, 0.15) is 17.2 Å². The molecule has 1 aromatic carbocycles. The number of hydrogen-bond donors (Lipinski definition) is 2. The molecule has 3 N–H and O–H groups in total. The molecular formula is C29H41N9O2. The van der Waals surface area contributed by atoms with E-state index in [0.29, 0.717) is 42.3 Å². The minimum Gasteiger partial charge on any atom is -0.492 e. The number of nitrogens with one attached hydrogen (secondary N) is 1. The van der Waals surface area contributed by atoms with Crippen LogP contribution < -0.4 is 30.5 Å². The van der Waals surface area contributed by atoms with Gasteiger partial charge in [-0.05, 0) is 82.4 Å². The Hall–Kier alpha value is -3.70. The summed E-state index contributed by atoms with van der Waals surface area (Å²) in [6.07, 6.45) is 11.2. The third-order valence-electron chi connectivity index (χ3n) is 7.47. The fourth-order valence-electron chi connectivity index (χ4n) is 5.62. The predicted molar refractivity (Wildman–Crippen MR) is 156 cm³/mol. The molecule has 0 unspecified atom stereocenters. The van der Waals surface area contributed by atoms with E-state index in [0.717, 1.165) is 64.0 Å². The lowest BCUT2D eigenvalue weighted by Gasteiger charge is -2.47. The van der Waals surface area contributed by atoms with Gasteiger partial charge < -0.3 is 20.5 Å². The first-order valence-electron chi connectivity index (χ1n) is 14.4. The minimum atomic E-state index is 0.210. The summed E-state index contributed by atoms with van der Waals surface area (Å²) in [7, 11) is 0. The summed E-state index contributed by atoms with van der Waals surface area (Å²) in [6, 6.07) is 8.28. The molecule has 0 atom stereocenters. The van der Waals surface area contributed by atoms with Gasteiger partial charge in [-0.15, -0.1) is 0 Å². The highest BCUT2D eigenvalue weighted by Gasteiger charge is 2.36. The van der Waals surface area contributed by atoms with E-state index in [1.54, 1.807) is 0 Å². The Balaban J connectivity index is 1.36. The number of ether oxygens (including phenoxy) is 2. The number of benzene rings is 1. The normalized spacial score (nSPS) is 16.9. The van der Waals surface area contributed by atoms with Crippen LogP contribution in [0.15, 0.2) is 49.1 Å². The van der Waals surface area contributed by atoms with Crippen LogP contribution in [-0.4, -0.2) is 76.3 Å². The lowest BCUT2D eigenvalue weighted by Crippen LogP contribution is -2.59. The maximum absolute atomic E-state index is 6.30. The van der Waals surface area contributed by atoms with Gasteiger partial charge in [0.25, 0.3) is 0 Å². The van der Waals surface area contributed by atoms with Gasteiger partial charge in [-0.3, -0.25) is 4.90 Å². The number of nitrogens with zero attached hydrogens (tertiary/aromatic N) is 7. The molecule has 214 valence electrons. The highest BCUT2D eigenvalue weighted by atomic mass is 16.5. The fourth-order valence-corrected chi connectivity index (χ4v) is 5.62. The number of nitrogen functional groups attached to an aromatic ring is 1. The Morgan fingerprint density at radius 1 is 0.800 bits per heavy atom. The lowest BCUT2D eigenvalue weighted by molar-refractivity contribution is 0.196. The van der Waals surface area contributed by atoms with Crippen LogP contribution in [0, 0.1) is 0 Å². The molecule has 3 aromatic rings. The monoisotopic (exact) mass is 547 g/mol. The summed E-state index contributed by atoms with van der Waals surface area (Å²) in [6.45, 7) is 9.64. The lowest BCUT2D eigenvalue weighted by atomic mass is 10.0. The van der Waals surface area contributed by atoms with E-state index < -0.39 is 0 Å². The number of hydrazine groups is 1. The smallest absolute Gasteiger partial charge is 0.244 e. The summed E-state index contributed by atoms with van der Waals surface area (Å²) in [5.41, 5.74) is 8.00. The number of anilines is 3. The summed E-state index contributed by atoms with van der Waals surface area (Å²) < 4.78 is 11.6. The van der Waals surface area contributed by atoms with Gasteiger partial charge in [0, 0.05) is 44.4 Å². The Bertz CT molecular complexity index is 1160. The molecule has 0 saturated carbocycles. The summed E-state index contributed by atoms with van der Waals surface area (Å²) in [5.74, 6) is 2.75. The van der Waals surface area contributed by atoms with Crippen molar-refractivity contribution in [2.75, 3.05) is 55.1 Å². The van der Waals surface area contributed by atoms with Gasteiger partial charge in [0.05, 0.1) is 25.3 Å². The molecule has 0 radical (unpaired) electrons. The van der Waals surface area contributed by atoms with E-state index >= 15 is 0 Å². The summed E-state index contributed by atoms with van der Waals surface area (Å²) >= 11 is 0. The first kappa shape index (κ1) is 27.9. The highest BCUT2D eigenvalue weighted by molar-refractivity contribution is 5.64. The van der Waals surface area contributed by atoms with Gasteiger partial charge in [0.2, 0.25) is 11.9 Å². The van der Waals surface area contributed by atoms with Crippen molar-refractivity contribution in [3.8, 4) is 11.5 Å². The summed E-state index contributed by atoms with van der Waals surface area (Å²) in [5, 5.41) is 8.02. The van der Waals surface area contributed by atoms with Crippen LogP contribution in [0.2, 0.25) is 0 Å². The van der Waals surface area contributed by atoms with Crippen LogP contribution in [-0.2, 0) is 6.54 Å². The van der Waals surface area contributed by atoms with Gasteiger partial charge >= 0.3 is 0 Å². The number of aromatic nitrogens is 4. The van der Waals surface area contributed by atoms with Crippen LogP contribution in [0.5, 0.6) is 11.5 Å². The second-order valence-electron chi connectivity index (χ2n) is 10.1. The SMILES string of the molecule is CCOc1cc(CN2CCC(N(c3ncccn3)N(c3ncccn3)C3CCNCC3)CC2)cc(OCC)c1N. The van der Waals surface area contributed by atoms with E-state index in [2.05, 4.69) is 30.2 Å². The van der Waals surface area contributed by atoms with Gasteiger partial charge in [-0.25, -0.2) is 30.0 Å². The number of likely N-dealkylation sites (tertiary alicyclic amines) is 1. The molecule has 5 rings (SSSR count). The van der Waals surface area contributed by atoms with Crippen molar-refractivity contribution in [1.82, 2.24) is 30.2 Å². The van der Waals surface area contributed by atoms with E-state index in [1.807, 2.05) is 62.9 Å². The van der Waals surface area contributed by atoms with Crippen molar-refractivity contribution in [3.63, 3.8) is 0 Å². The van der Waals surface area contributed by atoms with E-state index in [1.165, 1.54) is 0 Å². The molecule has 4 heterocycles. The molecular weight excluding hydrogens is 506 g/mol. The van der Waals surface area contributed by atoms with Crippen molar-refractivity contribution in [1.29, 1.82) is 0 Å². The molecule has 0 spiro atoms. The molecule has 2 fully saturated rings. The van der Waals surface area contributed by atoms with Gasteiger partial charge in [-0.1, -0.05) is 0 Å². The minimum absolute atomic E-state index is 0.210. The van der Waals surface area contributed by atoms with Crippen molar-refractivity contribution in [2.24, 2.45) is 0 Å². The molecule has 0 aliphatic carbocycles. The average molecular weight is 548 g/mol. The average Bonchev–Trinajstić information content (AvgIpc) is 3.00. The topological polar surface area (TPSA) is 118 Å². The van der Waals surface area contributed by atoms with Crippen LogP contribution in [0.1, 0.15) is 45.1 Å². The van der Waals surface area contributed by atoms with Crippen LogP contribution in [0.3, 0.4) is 0 Å². The zero-order valence-corrected chi connectivity index (χ0v) is 23.6. The maximum Gasteiger partial charge on any atom is 0.244 e. The van der Waals surface area contributed by atoms with Crippen molar-refractivity contribution >= 4 is 17.6 Å². The Morgan fingerprint density at radius 3 is 1.75 bits per heavy atom. The number of rotatable bonds is 11. The van der Waals surface area contributed by atoms with Gasteiger partial charge in [0.15, 0.2) is 0 Å². The maximum atomic E-state index is 6.30. The molecule has 11 nitrogen and oxygen atoms in total. The Labute approximate surface area is 236 Å². The largest absolute Gasteiger partial charge is 0.492 e. The third kappa shape index (κ3) is 6.53.